The highest BCUT2D eigenvalue weighted by molar-refractivity contribution is 5.74. The number of aryl methyl sites for hydroxylation is 1. The van der Waals surface area contributed by atoms with Gasteiger partial charge in [0, 0.05) is 6.42 Å². The van der Waals surface area contributed by atoms with E-state index in [1.54, 1.807) is 0 Å². The smallest absolute Gasteiger partial charge is 0.243 e. The van der Waals surface area contributed by atoms with Crippen molar-refractivity contribution in [3.05, 3.63) is 29.8 Å². The standard InChI is InChI=1S/C15H23NO3/c1-12(2)11-19-16-15(17)9-6-10-18-14-8-5-4-7-13(14)3/h4-5,7-8,12H,6,9-11H2,1-3H3,(H,16,17). The van der Waals surface area contributed by atoms with Crippen LogP contribution in [0.2, 0.25) is 0 Å². The molecule has 0 radical (unpaired) electrons. The molecule has 0 atom stereocenters. The van der Waals surface area contributed by atoms with Gasteiger partial charge in [0.15, 0.2) is 0 Å². The minimum Gasteiger partial charge on any atom is -0.493 e. The van der Waals surface area contributed by atoms with E-state index >= 15 is 0 Å². The van der Waals surface area contributed by atoms with Crippen LogP contribution in [0.5, 0.6) is 5.75 Å². The number of hydroxylamine groups is 1. The first kappa shape index (κ1) is 15.5. The highest BCUT2D eigenvalue weighted by Crippen LogP contribution is 2.16. The molecule has 0 saturated carbocycles. The van der Waals surface area contributed by atoms with E-state index in [9.17, 15) is 4.79 Å². The molecule has 1 rings (SSSR count). The van der Waals surface area contributed by atoms with Crippen LogP contribution in [0.15, 0.2) is 24.3 Å². The summed E-state index contributed by atoms with van der Waals surface area (Å²) in [5.41, 5.74) is 3.53. The van der Waals surface area contributed by atoms with Crippen molar-refractivity contribution in [2.75, 3.05) is 13.2 Å². The highest BCUT2D eigenvalue weighted by Gasteiger charge is 2.03. The van der Waals surface area contributed by atoms with Gasteiger partial charge in [0.1, 0.15) is 5.75 Å². The molecule has 0 fully saturated rings. The average molecular weight is 265 g/mol. The van der Waals surface area contributed by atoms with Crippen molar-refractivity contribution >= 4 is 5.91 Å². The van der Waals surface area contributed by atoms with Gasteiger partial charge in [-0.3, -0.25) is 9.63 Å². The number of carbonyl (C=O) groups is 1. The van der Waals surface area contributed by atoms with Crippen LogP contribution in [0.3, 0.4) is 0 Å². The Hall–Kier alpha value is -1.55. The molecule has 0 aliphatic rings. The maximum atomic E-state index is 11.4. The van der Waals surface area contributed by atoms with Crippen LogP contribution in [-0.2, 0) is 9.63 Å². The molecule has 0 aromatic heterocycles. The first-order valence-corrected chi connectivity index (χ1v) is 6.68. The molecule has 0 unspecified atom stereocenters. The predicted octanol–water partition coefficient (Wildman–Crippen LogP) is 2.86. The van der Waals surface area contributed by atoms with Gasteiger partial charge in [0.2, 0.25) is 5.91 Å². The van der Waals surface area contributed by atoms with E-state index in [0.29, 0.717) is 32.0 Å². The fourth-order valence-corrected chi connectivity index (χ4v) is 1.47. The SMILES string of the molecule is Cc1ccccc1OCCCC(=O)NOCC(C)C. The quantitative estimate of drug-likeness (QED) is 0.581. The molecule has 4 nitrogen and oxygen atoms in total. The molecular formula is C15H23NO3. The zero-order valence-electron chi connectivity index (χ0n) is 11.9. The first-order valence-electron chi connectivity index (χ1n) is 6.68. The van der Waals surface area contributed by atoms with Gasteiger partial charge in [-0.15, -0.1) is 0 Å². The minimum absolute atomic E-state index is 0.103. The maximum absolute atomic E-state index is 11.4. The largest absolute Gasteiger partial charge is 0.493 e. The molecule has 1 N–H and O–H groups in total. The summed E-state index contributed by atoms with van der Waals surface area (Å²) < 4.78 is 5.61. The van der Waals surface area contributed by atoms with Crippen LogP contribution in [0, 0.1) is 12.8 Å². The van der Waals surface area contributed by atoms with Gasteiger partial charge >= 0.3 is 0 Å². The molecule has 0 aliphatic carbocycles. The van der Waals surface area contributed by atoms with Gasteiger partial charge in [-0.25, -0.2) is 5.48 Å². The Kier molecular flexibility index (Phi) is 6.97. The van der Waals surface area contributed by atoms with Crippen LogP contribution in [0.1, 0.15) is 32.3 Å². The number of rotatable bonds is 8. The number of para-hydroxylation sites is 1. The van der Waals surface area contributed by atoms with E-state index in [4.69, 9.17) is 9.57 Å². The summed E-state index contributed by atoms with van der Waals surface area (Å²) >= 11 is 0. The zero-order valence-corrected chi connectivity index (χ0v) is 11.9. The van der Waals surface area contributed by atoms with E-state index in [-0.39, 0.29) is 5.91 Å². The molecule has 1 aromatic carbocycles. The molecule has 19 heavy (non-hydrogen) atoms. The Labute approximate surface area is 115 Å². The monoisotopic (exact) mass is 265 g/mol. The van der Waals surface area contributed by atoms with Crippen molar-refractivity contribution in [2.45, 2.75) is 33.6 Å². The van der Waals surface area contributed by atoms with Crippen LogP contribution >= 0.6 is 0 Å². The topological polar surface area (TPSA) is 47.6 Å². The molecule has 0 saturated heterocycles. The van der Waals surface area contributed by atoms with Gasteiger partial charge in [-0.2, -0.15) is 0 Å². The Morgan fingerprint density at radius 2 is 2.05 bits per heavy atom. The van der Waals surface area contributed by atoms with Crippen molar-refractivity contribution in [1.82, 2.24) is 5.48 Å². The number of carbonyl (C=O) groups excluding carboxylic acids is 1. The molecule has 0 spiro atoms. The molecule has 4 heteroatoms. The Bertz CT molecular complexity index is 391. The highest BCUT2D eigenvalue weighted by atomic mass is 16.6. The van der Waals surface area contributed by atoms with Crippen molar-refractivity contribution in [2.24, 2.45) is 5.92 Å². The van der Waals surface area contributed by atoms with Gasteiger partial charge in [-0.05, 0) is 30.9 Å². The number of hydrogen-bond acceptors (Lipinski definition) is 3. The van der Waals surface area contributed by atoms with E-state index in [1.807, 2.05) is 45.0 Å². The fraction of sp³-hybridized carbons (Fsp3) is 0.533. The van der Waals surface area contributed by atoms with E-state index < -0.39 is 0 Å². The fourth-order valence-electron chi connectivity index (χ4n) is 1.47. The average Bonchev–Trinajstić information content (AvgIpc) is 2.36. The number of amides is 1. The molecule has 0 bridgehead atoms. The summed E-state index contributed by atoms with van der Waals surface area (Å²) in [4.78, 5) is 16.5. The lowest BCUT2D eigenvalue weighted by molar-refractivity contribution is -0.134. The van der Waals surface area contributed by atoms with Gasteiger partial charge < -0.3 is 4.74 Å². The summed E-state index contributed by atoms with van der Waals surface area (Å²) in [6.07, 6.45) is 1.08. The van der Waals surface area contributed by atoms with E-state index in [1.165, 1.54) is 0 Å². The summed E-state index contributed by atoms with van der Waals surface area (Å²) in [7, 11) is 0. The normalized spacial score (nSPS) is 10.5. The molecule has 106 valence electrons. The second-order valence-electron chi connectivity index (χ2n) is 4.95. The lowest BCUT2D eigenvalue weighted by Gasteiger charge is -2.09. The minimum atomic E-state index is -0.103. The molecule has 1 aromatic rings. The van der Waals surface area contributed by atoms with Crippen LogP contribution in [0.25, 0.3) is 0 Å². The van der Waals surface area contributed by atoms with E-state index in [0.717, 1.165) is 11.3 Å². The third-order valence-corrected chi connectivity index (χ3v) is 2.50. The number of ether oxygens (including phenoxy) is 1. The number of benzene rings is 1. The van der Waals surface area contributed by atoms with Crippen molar-refractivity contribution in [3.63, 3.8) is 0 Å². The second kappa shape index (κ2) is 8.53. The number of nitrogens with one attached hydrogen (secondary N) is 1. The summed E-state index contributed by atoms with van der Waals surface area (Å²) in [5.74, 6) is 1.18. The second-order valence-corrected chi connectivity index (χ2v) is 4.95. The van der Waals surface area contributed by atoms with Gasteiger partial charge in [0.05, 0.1) is 13.2 Å². The lowest BCUT2D eigenvalue weighted by atomic mass is 10.2. The Morgan fingerprint density at radius 1 is 1.32 bits per heavy atom. The Balaban J connectivity index is 2.10. The lowest BCUT2D eigenvalue weighted by Crippen LogP contribution is -2.25. The zero-order chi connectivity index (χ0) is 14.1. The summed E-state index contributed by atoms with van der Waals surface area (Å²) in [5, 5.41) is 0. The van der Waals surface area contributed by atoms with Gasteiger partial charge in [0.25, 0.3) is 0 Å². The molecule has 0 heterocycles. The van der Waals surface area contributed by atoms with Crippen molar-refractivity contribution < 1.29 is 14.4 Å². The van der Waals surface area contributed by atoms with Crippen LogP contribution in [-0.4, -0.2) is 19.1 Å². The molecule has 0 aliphatic heterocycles. The van der Waals surface area contributed by atoms with E-state index in [2.05, 4.69) is 5.48 Å². The molecular weight excluding hydrogens is 242 g/mol. The van der Waals surface area contributed by atoms with Crippen LogP contribution in [0.4, 0.5) is 0 Å². The molecule has 1 amide bonds. The van der Waals surface area contributed by atoms with Crippen LogP contribution < -0.4 is 10.2 Å². The third-order valence-electron chi connectivity index (χ3n) is 2.50. The van der Waals surface area contributed by atoms with Crippen molar-refractivity contribution in [3.8, 4) is 5.75 Å². The van der Waals surface area contributed by atoms with Gasteiger partial charge in [-0.1, -0.05) is 32.0 Å². The summed E-state index contributed by atoms with van der Waals surface area (Å²) in [6.45, 7) is 7.13. The first-order chi connectivity index (χ1) is 9.09. The maximum Gasteiger partial charge on any atom is 0.243 e. The Morgan fingerprint density at radius 3 is 2.74 bits per heavy atom. The third kappa shape index (κ3) is 6.82. The summed E-state index contributed by atoms with van der Waals surface area (Å²) in [6, 6.07) is 7.85. The number of hydrogen-bond donors (Lipinski definition) is 1. The predicted molar refractivity (Wildman–Crippen MR) is 74.8 cm³/mol. The van der Waals surface area contributed by atoms with Crippen molar-refractivity contribution in [1.29, 1.82) is 0 Å².